The predicted octanol–water partition coefficient (Wildman–Crippen LogP) is 9.32. The van der Waals surface area contributed by atoms with Gasteiger partial charge in [0, 0.05) is 35.6 Å². The predicted molar refractivity (Wildman–Crippen MR) is 162 cm³/mol. The molecule has 0 amide bonds. The first-order chi connectivity index (χ1) is 18.3. The van der Waals surface area contributed by atoms with E-state index >= 15 is 0 Å². The van der Waals surface area contributed by atoms with Crippen molar-refractivity contribution in [1.29, 1.82) is 0 Å². The molecule has 0 aliphatic carbocycles. The van der Waals surface area contributed by atoms with Crippen LogP contribution in [-0.4, -0.2) is 12.7 Å². The number of benzene rings is 6. The van der Waals surface area contributed by atoms with E-state index in [1.165, 1.54) is 51.8 Å². The lowest BCUT2D eigenvalue weighted by Gasteiger charge is -2.07. The van der Waals surface area contributed by atoms with Crippen LogP contribution in [0, 0.1) is 0 Å². The highest BCUT2D eigenvalue weighted by molar-refractivity contribution is 7.26. The highest BCUT2D eigenvalue weighted by Crippen LogP contribution is 2.43. The van der Waals surface area contributed by atoms with Crippen molar-refractivity contribution in [1.82, 2.24) is 0 Å². The van der Waals surface area contributed by atoms with Gasteiger partial charge in [0.05, 0.1) is 4.70 Å². The summed E-state index contributed by atoms with van der Waals surface area (Å²) in [5.41, 5.74) is 0. The zero-order valence-corrected chi connectivity index (χ0v) is 21.4. The highest BCUT2D eigenvalue weighted by Gasteiger charge is 2.13. The normalized spacial score (nSPS) is 11.4. The third-order valence-corrected chi connectivity index (χ3v) is 9.10. The molecule has 2 heterocycles. The first-order valence-electron chi connectivity index (χ1n) is 12.1. The summed E-state index contributed by atoms with van der Waals surface area (Å²) < 4.78 is 10.3. The van der Waals surface area contributed by atoms with Crippen molar-refractivity contribution in [2.24, 2.45) is 0 Å². The van der Waals surface area contributed by atoms with Gasteiger partial charge in [-0.3, -0.25) is 0 Å². The molecule has 2 nitrogen and oxygen atoms in total. The fourth-order valence-electron chi connectivity index (χ4n) is 5.18. The van der Waals surface area contributed by atoms with E-state index in [-0.39, 0.29) is 0 Å². The summed E-state index contributed by atoms with van der Waals surface area (Å²) in [4.78, 5) is 0. The summed E-state index contributed by atoms with van der Waals surface area (Å²) in [6.45, 7) is 0. The third-order valence-electron chi connectivity index (χ3n) is 6.78. The molecule has 2 aromatic heterocycles. The summed E-state index contributed by atoms with van der Waals surface area (Å²) in [6.07, 6.45) is 0. The Morgan fingerprint density at radius 2 is 1.08 bits per heavy atom. The molecule has 175 valence electrons. The van der Waals surface area contributed by atoms with Crippen molar-refractivity contribution < 1.29 is 9.68 Å². The number of rotatable bonds is 2. The van der Waals surface area contributed by atoms with Crippen LogP contribution in [-0.2, 0) is 0 Å². The standard InChI is InChI=1S/C16H10BO2S.C16H10S/c18-17-19-13-9-10-5-1-2-6-11(10)15-12-7-3-4-8-14(12)20-16(13)15;1-2-6-12-11(5-1)9-10-15-16(12)13-7-3-4-8-14(13)17-15/h1-9,18H;1-10H. The summed E-state index contributed by atoms with van der Waals surface area (Å²) >= 11 is 3.56. The van der Waals surface area contributed by atoms with Crippen LogP contribution in [0.4, 0.5) is 0 Å². The van der Waals surface area contributed by atoms with Crippen LogP contribution in [0.5, 0.6) is 5.75 Å². The van der Waals surface area contributed by atoms with Crippen molar-refractivity contribution in [2.45, 2.75) is 0 Å². The molecule has 0 unspecified atom stereocenters. The van der Waals surface area contributed by atoms with Gasteiger partial charge in [0.25, 0.3) is 0 Å². The van der Waals surface area contributed by atoms with Gasteiger partial charge in [0.2, 0.25) is 0 Å². The van der Waals surface area contributed by atoms with Gasteiger partial charge < -0.3 is 9.68 Å². The zero-order chi connectivity index (χ0) is 24.8. The van der Waals surface area contributed by atoms with Crippen molar-refractivity contribution in [3.8, 4) is 5.75 Å². The molecule has 0 atom stereocenters. The highest BCUT2D eigenvalue weighted by atomic mass is 32.1. The van der Waals surface area contributed by atoms with Gasteiger partial charge >= 0.3 is 7.69 Å². The molecule has 1 N–H and O–H groups in total. The minimum Gasteiger partial charge on any atom is -0.536 e. The largest absolute Gasteiger partial charge is 0.569 e. The second kappa shape index (κ2) is 9.20. The maximum atomic E-state index is 8.98. The molecule has 6 aromatic carbocycles. The van der Waals surface area contributed by atoms with E-state index in [0.717, 1.165) is 17.8 Å². The van der Waals surface area contributed by atoms with Crippen LogP contribution in [0.25, 0.3) is 61.9 Å². The average molecular weight is 511 g/mol. The second-order valence-electron chi connectivity index (χ2n) is 8.88. The molecule has 0 saturated carbocycles. The Bertz CT molecular complexity index is 2070. The Morgan fingerprint density at radius 1 is 0.514 bits per heavy atom. The van der Waals surface area contributed by atoms with Crippen LogP contribution in [0.1, 0.15) is 0 Å². The molecule has 0 fully saturated rings. The number of fused-ring (bicyclic) bond motifs is 10. The number of hydrogen-bond acceptors (Lipinski definition) is 4. The molecule has 8 aromatic rings. The molecule has 0 spiro atoms. The molecular formula is C32H20BO2S2. The SMILES string of the molecule is O[B]Oc1cc2ccccc2c2c1sc1ccccc12.c1ccc2c(c1)ccc1sc3ccccc3c12. The van der Waals surface area contributed by atoms with Crippen LogP contribution in [0.2, 0.25) is 0 Å². The zero-order valence-electron chi connectivity index (χ0n) is 19.7. The fourth-order valence-corrected chi connectivity index (χ4v) is 7.48. The topological polar surface area (TPSA) is 29.5 Å². The minimum absolute atomic E-state index is 0.697. The van der Waals surface area contributed by atoms with E-state index in [0.29, 0.717) is 5.75 Å². The molecule has 8 rings (SSSR count). The van der Waals surface area contributed by atoms with Crippen LogP contribution >= 0.6 is 22.7 Å². The van der Waals surface area contributed by atoms with Gasteiger partial charge in [0.1, 0.15) is 5.75 Å². The maximum absolute atomic E-state index is 8.98. The van der Waals surface area contributed by atoms with Gasteiger partial charge in [-0.25, -0.2) is 0 Å². The second-order valence-corrected chi connectivity index (χ2v) is 11.0. The molecule has 37 heavy (non-hydrogen) atoms. The number of thiophene rings is 2. The summed E-state index contributed by atoms with van der Waals surface area (Å²) in [5.74, 6) is 0.697. The molecule has 0 saturated heterocycles. The Morgan fingerprint density at radius 3 is 1.81 bits per heavy atom. The van der Waals surface area contributed by atoms with E-state index in [9.17, 15) is 0 Å². The summed E-state index contributed by atoms with van der Waals surface area (Å²) in [6, 6.07) is 40.3. The molecule has 5 heteroatoms. The molecule has 0 aliphatic heterocycles. The minimum atomic E-state index is 0.697. The molecule has 0 bridgehead atoms. The third kappa shape index (κ3) is 3.75. The van der Waals surface area contributed by atoms with Gasteiger partial charge in [-0.15, -0.1) is 22.7 Å². The van der Waals surface area contributed by atoms with Crippen LogP contribution < -0.4 is 4.65 Å². The van der Waals surface area contributed by atoms with Gasteiger partial charge in [-0.2, -0.15) is 0 Å². The van der Waals surface area contributed by atoms with E-state index in [4.69, 9.17) is 9.68 Å². The van der Waals surface area contributed by atoms with Crippen LogP contribution in [0.3, 0.4) is 0 Å². The van der Waals surface area contributed by atoms with Gasteiger partial charge in [-0.05, 0) is 45.8 Å². The van der Waals surface area contributed by atoms with Gasteiger partial charge in [-0.1, -0.05) is 91.0 Å². The fraction of sp³-hybridized carbons (Fsp3) is 0. The Labute approximate surface area is 222 Å². The average Bonchev–Trinajstić information content (AvgIpc) is 3.53. The molecule has 0 aliphatic rings. The van der Waals surface area contributed by atoms with E-state index in [2.05, 4.69) is 91.0 Å². The maximum Gasteiger partial charge on any atom is 0.569 e. The monoisotopic (exact) mass is 511 g/mol. The number of hydrogen-bond donors (Lipinski definition) is 1. The lowest BCUT2D eigenvalue weighted by atomic mass is 10.0. The van der Waals surface area contributed by atoms with Crippen molar-refractivity contribution in [3.05, 3.63) is 115 Å². The van der Waals surface area contributed by atoms with E-state index < -0.39 is 0 Å². The van der Waals surface area contributed by atoms with Crippen LogP contribution in [0.15, 0.2) is 115 Å². The quantitative estimate of drug-likeness (QED) is 0.234. The molecule has 1 radical (unpaired) electrons. The first kappa shape index (κ1) is 22.3. The van der Waals surface area contributed by atoms with Crippen molar-refractivity contribution >= 4 is 92.2 Å². The summed E-state index contributed by atoms with van der Waals surface area (Å²) in [7, 11) is 0.744. The first-order valence-corrected chi connectivity index (χ1v) is 13.7. The smallest absolute Gasteiger partial charge is 0.536 e. The van der Waals surface area contributed by atoms with E-state index in [1.807, 2.05) is 35.6 Å². The van der Waals surface area contributed by atoms with E-state index in [1.54, 1.807) is 11.3 Å². The Balaban J connectivity index is 0.000000126. The summed E-state index contributed by atoms with van der Waals surface area (Å²) in [5, 5.41) is 19.2. The van der Waals surface area contributed by atoms with Crippen molar-refractivity contribution in [2.75, 3.05) is 0 Å². The van der Waals surface area contributed by atoms with Crippen molar-refractivity contribution in [3.63, 3.8) is 0 Å². The lowest BCUT2D eigenvalue weighted by Crippen LogP contribution is -1.99. The Kier molecular flexibility index (Phi) is 5.55. The van der Waals surface area contributed by atoms with Gasteiger partial charge in [0.15, 0.2) is 0 Å². The molecular weight excluding hydrogens is 491 g/mol. The Hall–Kier alpha value is -3.90. The lowest BCUT2D eigenvalue weighted by molar-refractivity contribution is 0.457.